The number of carbonyl (C=O) groups is 1. The minimum Gasteiger partial charge on any atom is -0.497 e. The highest BCUT2D eigenvalue weighted by atomic mass is 16.5. The van der Waals surface area contributed by atoms with E-state index in [0.29, 0.717) is 22.9 Å². The maximum Gasteiger partial charge on any atom is 0.333 e. The summed E-state index contributed by atoms with van der Waals surface area (Å²) in [6.45, 7) is 0. The molecule has 0 bridgehead atoms. The van der Waals surface area contributed by atoms with Gasteiger partial charge in [0.25, 0.3) is 11.5 Å². The average molecular weight is 367 g/mol. The third-order valence-corrected chi connectivity index (χ3v) is 3.89. The van der Waals surface area contributed by atoms with Crippen molar-refractivity contribution in [2.45, 2.75) is 0 Å². The van der Waals surface area contributed by atoms with E-state index in [9.17, 15) is 14.4 Å². The predicted octanol–water partition coefficient (Wildman–Crippen LogP) is 1.80. The zero-order valence-electron chi connectivity index (χ0n) is 14.7. The van der Waals surface area contributed by atoms with Gasteiger partial charge in [-0.1, -0.05) is 18.2 Å². The van der Waals surface area contributed by atoms with Crippen molar-refractivity contribution >= 4 is 11.6 Å². The van der Waals surface area contributed by atoms with Crippen molar-refractivity contribution in [3.05, 3.63) is 81.1 Å². The fraction of sp³-hybridized carbons (Fsp3) is 0.105. The molecule has 0 unspecified atom stereocenters. The molecule has 0 spiro atoms. The molecular weight excluding hydrogens is 350 g/mol. The van der Waals surface area contributed by atoms with Crippen LogP contribution in [0.1, 0.15) is 10.4 Å². The van der Waals surface area contributed by atoms with Crippen molar-refractivity contribution in [3.63, 3.8) is 0 Å². The Labute approximate surface area is 154 Å². The highest BCUT2D eigenvalue weighted by Crippen LogP contribution is 2.29. The number of methoxy groups -OCH3 is 2. The molecule has 0 aliphatic carbocycles. The van der Waals surface area contributed by atoms with E-state index in [4.69, 9.17) is 9.47 Å². The van der Waals surface area contributed by atoms with Gasteiger partial charge in [-0.25, -0.2) is 9.36 Å². The highest BCUT2D eigenvalue weighted by Gasteiger charge is 2.17. The topological polar surface area (TPSA) is 102 Å². The van der Waals surface area contributed by atoms with Crippen LogP contribution in [0.15, 0.2) is 64.3 Å². The fourth-order valence-corrected chi connectivity index (χ4v) is 2.54. The number of hydrogen-bond donors (Lipinski definition) is 2. The summed E-state index contributed by atoms with van der Waals surface area (Å²) in [6, 6.07) is 13.2. The number of anilines is 1. The molecule has 8 nitrogen and oxygen atoms in total. The van der Waals surface area contributed by atoms with Gasteiger partial charge in [0.15, 0.2) is 0 Å². The Bertz CT molecular complexity index is 1090. The van der Waals surface area contributed by atoms with Crippen LogP contribution in [0.4, 0.5) is 5.69 Å². The van der Waals surface area contributed by atoms with Crippen molar-refractivity contribution in [2.24, 2.45) is 0 Å². The van der Waals surface area contributed by atoms with E-state index in [1.807, 2.05) is 0 Å². The summed E-state index contributed by atoms with van der Waals surface area (Å²) in [5.74, 6) is 0.250. The van der Waals surface area contributed by atoms with Crippen LogP contribution in [0.25, 0.3) is 5.69 Å². The van der Waals surface area contributed by atoms with E-state index in [-0.39, 0.29) is 5.56 Å². The number of ether oxygens (including phenoxy) is 2. The quantitative estimate of drug-likeness (QED) is 0.716. The second kappa shape index (κ2) is 7.61. The van der Waals surface area contributed by atoms with E-state index in [1.54, 1.807) is 48.5 Å². The number of aromatic nitrogens is 2. The summed E-state index contributed by atoms with van der Waals surface area (Å²) in [7, 11) is 2.96. The van der Waals surface area contributed by atoms with Gasteiger partial charge in [-0.15, -0.1) is 0 Å². The molecule has 0 fully saturated rings. The number of nitrogens with zero attached hydrogens (tertiary/aromatic N) is 1. The van der Waals surface area contributed by atoms with Gasteiger partial charge in [-0.3, -0.25) is 9.59 Å². The lowest BCUT2D eigenvalue weighted by atomic mass is 10.2. The number of carbonyl (C=O) groups excluding carboxylic acids is 1. The van der Waals surface area contributed by atoms with Gasteiger partial charge in [-0.2, -0.15) is 0 Å². The molecule has 0 saturated carbocycles. The van der Waals surface area contributed by atoms with Crippen molar-refractivity contribution in [1.29, 1.82) is 0 Å². The third kappa shape index (κ3) is 3.59. The number of rotatable bonds is 5. The smallest absolute Gasteiger partial charge is 0.333 e. The predicted molar refractivity (Wildman–Crippen MR) is 100 cm³/mol. The van der Waals surface area contributed by atoms with Gasteiger partial charge in [-0.05, 0) is 24.3 Å². The molecule has 8 heteroatoms. The van der Waals surface area contributed by atoms with E-state index >= 15 is 0 Å². The molecular formula is C19H17N3O5. The molecule has 2 N–H and O–H groups in total. The third-order valence-electron chi connectivity index (χ3n) is 3.89. The molecule has 0 saturated heterocycles. The molecule has 0 radical (unpaired) electrons. The summed E-state index contributed by atoms with van der Waals surface area (Å²) >= 11 is 0. The number of benzene rings is 2. The second-order valence-corrected chi connectivity index (χ2v) is 5.50. The Morgan fingerprint density at radius 2 is 1.78 bits per heavy atom. The molecule has 0 aliphatic rings. The summed E-state index contributed by atoms with van der Waals surface area (Å²) in [5.41, 5.74) is -0.850. The summed E-state index contributed by atoms with van der Waals surface area (Å²) in [5, 5.41) is 2.61. The molecule has 0 atom stereocenters. The molecule has 1 amide bonds. The first kappa shape index (κ1) is 18.0. The first-order valence-electron chi connectivity index (χ1n) is 7.98. The molecule has 1 aromatic heterocycles. The lowest BCUT2D eigenvalue weighted by molar-refractivity contribution is 0.102. The second-order valence-electron chi connectivity index (χ2n) is 5.50. The standard InChI is InChI=1S/C19H17N3O5/c1-26-13-8-9-15(16(10-13)27-2)21-17(23)14-11-20-19(25)22(18(14)24)12-6-4-3-5-7-12/h3-11H,1-2H3,(H,20,25)(H,21,23). The maximum absolute atomic E-state index is 12.7. The van der Waals surface area contributed by atoms with Gasteiger partial charge < -0.3 is 19.8 Å². The molecule has 0 aliphatic heterocycles. The SMILES string of the molecule is COc1ccc(NC(=O)c2c[nH]c(=O)n(-c3ccccc3)c2=O)c(OC)c1. The fourth-order valence-electron chi connectivity index (χ4n) is 2.54. The summed E-state index contributed by atoms with van der Waals surface area (Å²) < 4.78 is 11.2. The van der Waals surface area contributed by atoms with Crippen LogP contribution in [-0.4, -0.2) is 29.7 Å². The highest BCUT2D eigenvalue weighted by molar-refractivity contribution is 6.04. The van der Waals surface area contributed by atoms with Crippen LogP contribution < -0.4 is 26.0 Å². The van der Waals surface area contributed by atoms with Crippen LogP contribution in [0.2, 0.25) is 0 Å². The van der Waals surface area contributed by atoms with Gasteiger partial charge >= 0.3 is 5.69 Å². The van der Waals surface area contributed by atoms with Crippen molar-refractivity contribution < 1.29 is 14.3 Å². The zero-order chi connectivity index (χ0) is 19.4. The average Bonchev–Trinajstić information content (AvgIpc) is 2.69. The first-order chi connectivity index (χ1) is 13.0. The zero-order valence-corrected chi connectivity index (χ0v) is 14.7. The Kier molecular flexibility index (Phi) is 5.07. The van der Waals surface area contributed by atoms with Crippen molar-refractivity contribution in [2.75, 3.05) is 19.5 Å². The number of nitrogens with one attached hydrogen (secondary N) is 2. The molecule has 138 valence electrons. The van der Waals surface area contributed by atoms with Crippen LogP contribution >= 0.6 is 0 Å². The Morgan fingerprint density at radius 3 is 2.44 bits per heavy atom. The van der Waals surface area contributed by atoms with E-state index in [0.717, 1.165) is 10.8 Å². The van der Waals surface area contributed by atoms with E-state index < -0.39 is 17.2 Å². The van der Waals surface area contributed by atoms with Crippen LogP contribution in [0.5, 0.6) is 11.5 Å². The van der Waals surface area contributed by atoms with Gasteiger partial charge in [0.2, 0.25) is 0 Å². The van der Waals surface area contributed by atoms with Crippen molar-refractivity contribution in [1.82, 2.24) is 9.55 Å². The minimum atomic E-state index is -0.727. The van der Waals surface area contributed by atoms with E-state index in [2.05, 4.69) is 10.3 Å². The number of H-pyrrole nitrogens is 1. The van der Waals surface area contributed by atoms with Gasteiger partial charge in [0.05, 0.1) is 25.6 Å². The summed E-state index contributed by atoms with van der Waals surface area (Å²) in [6.07, 6.45) is 1.09. The molecule has 3 aromatic rings. The monoisotopic (exact) mass is 367 g/mol. The van der Waals surface area contributed by atoms with Crippen LogP contribution in [0, 0.1) is 0 Å². The number of hydrogen-bond acceptors (Lipinski definition) is 5. The molecule has 3 rings (SSSR count). The Hall–Kier alpha value is -3.81. The molecule has 27 heavy (non-hydrogen) atoms. The lowest BCUT2D eigenvalue weighted by Crippen LogP contribution is -2.38. The van der Waals surface area contributed by atoms with E-state index in [1.165, 1.54) is 14.2 Å². The number of amides is 1. The van der Waals surface area contributed by atoms with Crippen LogP contribution in [-0.2, 0) is 0 Å². The Morgan fingerprint density at radius 1 is 1.04 bits per heavy atom. The first-order valence-corrected chi connectivity index (χ1v) is 7.98. The number of aromatic amines is 1. The minimum absolute atomic E-state index is 0.212. The normalized spacial score (nSPS) is 10.3. The Balaban J connectivity index is 2.00. The molecule has 1 heterocycles. The molecule has 2 aromatic carbocycles. The number of para-hydroxylation sites is 1. The summed E-state index contributed by atoms with van der Waals surface area (Å²) in [4.78, 5) is 39.8. The van der Waals surface area contributed by atoms with Crippen LogP contribution in [0.3, 0.4) is 0 Å². The van der Waals surface area contributed by atoms with Gasteiger partial charge in [0.1, 0.15) is 17.1 Å². The van der Waals surface area contributed by atoms with Gasteiger partial charge in [0, 0.05) is 12.3 Å². The maximum atomic E-state index is 12.7. The van der Waals surface area contributed by atoms with Crippen molar-refractivity contribution in [3.8, 4) is 17.2 Å². The largest absolute Gasteiger partial charge is 0.497 e. The lowest BCUT2D eigenvalue weighted by Gasteiger charge is -2.12.